The molecule has 1 rings (SSSR count). The molecule has 1 aromatic rings. The Kier molecular flexibility index (Phi) is 6.67. The van der Waals surface area contributed by atoms with Crippen LogP contribution in [0.5, 0.6) is 11.5 Å². The molecular formula is C20H28N2O2. The first-order valence-corrected chi connectivity index (χ1v) is 8.46. The predicted molar refractivity (Wildman–Crippen MR) is 94.8 cm³/mol. The average Bonchev–Trinajstić information content (AvgIpc) is 2.49. The minimum absolute atomic E-state index is 0.179. The number of rotatable bonds is 8. The zero-order valence-corrected chi connectivity index (χ0v) is 15.2. The highest BCUT2D eigenvalue weighted by Crippen LogP contribution is 2.43. The molecule has 0 saturated heterocycles. The summed E-state index contributed by atoms with van der Waals surface area (Å²) in [4.78, 5) is 0. The summed E-state index contributed by atoms with van der Waals surface area (Å²) >= 11 is 0. The van der Waals surface area contributed by atoms with Crippen molar-refractivity contribution >= 4 is 0 Å². The van der Waals surface area contributed by atoms with Gasteiger partial charge in [0, 0.05) is 24.0 Å². The van der Waals surface area contributed by atoms with E-state index in [0.717, 1.165) is 25.7 Å². The Morgan fingerprint density at radius 1 is 0.792 bits per heavy atom. The second-order valence-electron chi connectivity index (χ2n) is 7.68. The van der Waals surface area contributed by atoms with Crippen molar-refractivity contribution in [1.82, 2.24) is 0 Å². The lowest BCUT2D eigenvalue weighted by atomic mass is 9.75. The van der Waals surface area contributed by atoms with Gasteiger partial charge in [-0.1, -0.05) is 27.7 Å². The van der Waals surface area contributed by atoms with Gasteiger partial charge in [0.2, 0.25) is 0 Å². The van der Waals surface area contributed by atoms with Crippen molar-refractivity contribution in [3.05, 3.63) is 23.3 Å². The first kappa shape index (κ1) is 19.8. The molecule has 24 heavy (non-hydrogen) atoms. The molecule has 1 aromatic carbocycles. The number of hydrogen-bond acceptors (Lipinski definition) is 4. The minimum atomic E-state index is -0.318. The summed E-state index contributed by atoms with van der Waals surface area (Å²) < 4.78 is 0. The normalized spacial score (nSPS) is 11.8. The van der Waals surface area contributed by atoms with Gasteiger partial charge in [0.15, 0.2) is 0 Å². The van der Waals surface area contributed by atoms with Crippen molar-refractivity contribution in [1.29, 1.82) is 10.5 Å². The molecule has 0 radical (unpaired) electrons. The van der Waals surface area contributed by atoms with Crippen LogP contribution in [0.25, 0.3) is 0 Å². The van der Waals surface area contributed by atoms with Crippen LogP contribution >= 0.6 is 0 Å². The molecule has 4 heteroatoms. The highest BCUT2D eigenvalue weighted by Gasteiger charge is 2.29. The van der Waals surface area contributed by atoms with E-state index in [-0.39, 0.29) is 22.3 Å². The molecule has 0 aromatic heterocycles. The van der Waals surface area contributed by atoms with E-state index in [1.54, 1.807) is 12.1 Å². The molecule has 4 nitrogen and oxygen atoms in total. The van der Waals surface area contributed by atoms with Crippen LogP contribution in [-0.2, 0) is 10.8 Å². The Bertz CT molecular complexity index is 591. The van der Waals surface area contributed by atoms with Crippen LogP contribution in [0.1, 0.15) is 77.3 Å². The second-order valence-corrected chi connectivity index (χ2v) is 7.68. The zero-order chi connectivity index (χ0) is 18.4. The van der Waals surface area contributed by atoms with Crippen molar-refractivity contribution in [3.8, 4) is 23.6 Å². The fourth-order valence-corrected chi connectivity index (χ4v) is 3.15. The third kappa shape index (κ3) is 4.90. The fraction of sp³-hybridized carbons (Fsp3) is 0.600. The first-order chi connectivity index (χ1) is 11.2. The van der Waals surface area contributed by atoms with Crippen LogP contribution in [0.15, 0.2) is 12.1 Å². The molecule has 0 aliphatic heterocycles. The monoisotopic (exact) mass is 328 g/mol. The van der Waals surface area contributed by atoms with E-state index in [1.807, 2.05) is 27.7 Å². The van der Waals surface area contributed by atoms with E-state index in [0.29, 0.717) is 24.0 Å². The number of phenolic OH excluding ortho intramolecular Hbond substituents is 2. The van der Waals surface area contributed by atoms with Gasteiger partial charge in [-0.15, -0.1) is 0 Å². The molecule has 0 spiro atoms. The van der Waals surface area contributed by atoms with E-state index < -0.39 is 0 Å². The smallest absolute Gasteiger partial charge is 0.119 e. The molecular weight excluding hydrogens is 300 g/mol. The molecule has 0 saturated carbocycles. The standard InChI is InChI=1S/C20H28N2O2/c1-19(2,9-5-7-11-21)15-13-18(24)16(14-17(15)23)20(3,4)10-6-8-12-22/h13-14,23-24H,5-10H2,1-4H3. The van der Waals surface area contributed by atoms with Gasteiger partial charge in [0.1, 0.15) is 11.5 Å². The lowest BCUT2D eigenvalue weighted by Gasteiger charge is -2.30. The maximum Gasteiger partial charge on any atom is 0.119 e. The Hall–Kier alpha value is -2.20. The van der Waals surface area contributed by atoms with E-state index in [9.17, 15) is 10.2 Å². The highest BCUT2D eigenvalue weighted by molar-refractivity contribution is 5.50. The van der Waals surface area contributed by atoms with Gasteiger partial charge in [-0.05, 0) is 48.6 Å². The molecule has 0 unspecified atom stereocenters. The third-order valence-corrected chi connectivity index (χ3v) is 4.75. The van der Waals surface area contributed by atoms with Crippen LogP contribution in [0, 0.1) is 22.7 Å². The summed E-state index contributed by atoms with van der Waals surface area (Å²) in [5.74, 6) is 0.358. The fourth-order valence-electron chi connectivity index (χ4n) is 3.15. The average molecular weight is 328 g/mol. The molecule has 0 amide bonds. The van der Waals surface area contributed by atoms with E-state index in [4.69, 9.17) is 10.5 Å². The molecule has 2 N–H and O–H groups in total. The summed E-state index contributed by atoms with van der Waals surface area (Å²) in [6.45, 7) is 8.04. The lowest BCUT2D eigenvalue weighted by molar-refractivity contribution is 0.387. The lowest BCUT2D eigenvalue weighted by Crippen LogP contribution is -2.20. The van der Waals surface area contributed by atoms with Crippen molar-refractivity contribution in [2.24, 2.45) is 0 Å². The number of nitriles is 2. The van der Waals surface area contributed by atoms with Crippen LogP contribution in [0.3, 0.4) is 0 Å². The maximum atomic E-state index is 10.5. The highest BCUT2D eigenvalue weighted by atomic mass is 16.3. The van der Waals surface area contributed by atoms with Gasteiger partial charge in [-0.2, -0.15) is 10.5 Å². The van der Waals surface area contributed by atoms with Crippen LogP contribution in [-0.4, -0.2) is 10.2 Å². The van der Waals surface area contributed by atoms with Crippen molar-refractivity contribution in [2.75, 3.05) is 0 Å². The van der Waals surface area contributed by atoms with Gasteiger partial charge in [-0.3, -0.25) is 0 Å². The number of aromatic hydroxyl groups is 2. The maximum absolute atomic E-state index is 10.5. The zero-order valence-electron chi connectivity index (χ0n) is 15.2. The number of nitrogens with zero attached hydrogens (tertiary/aromatic N) is 2. The summed E-state index contributed by atoms with van der Waals surface area (Å²) in [7, 11) is 0. The van der Waals surface area contributed by atoms with Crippen LogP contribution in [0.2, 0.25) is 0 Å². The Morgan fingerprint density at radius 2 is 1.12 bits per heavy atom. The third-order valence-electron chi connectivity index (χ3n) is 4.75. The molecule has 0 aliphatic rings. The molecule has 0 bridgehead atoms. The largest absolute Gasteiger partial charge is 0.508 e. The Labute approximate surface area is 145 Å². The topological polar surface area (TPSA) is 88.0 Å². The molecule has 0 aliphatic carbocycles. The van der Waals surface area contributed by atoms with Crippen molar-refractivity contribution in [3.63, 3.8) is 0 Å². The van der Waals surface area contributed by atoms with E-state index >= 15 is 0 Å². The number of phenols is 2. The van der Waals surface area contributed by atoms with Gasteiger partial charge in [0.05, 0.1) is 12.1 Å². The number of benzene rings is 1. The molecule has 0 heterocycles. The Morgan fingerprint density at radius 3 is 1.42 bits per heavy atom. The van der Waals surface area contributed by atoms with Gasteiger partial charge in [-0.25, -0.2) is 0 Å². The summed E-state index contributed by atoms with van der Waals surface area (Å²) in [6, 6.07) is 7.58. The van der Waals surface area contributed by atoms with Gasteiger partial charge >= 0.3 is 0 Å². The first-order valence-electron chi connectivity index (χ1n) is 8.46. The van der Waals surface area contributed by atoms with Gasteiger partial charge < -0.3 is 10.2 Å². The van der Waals surface area contributed by atoms with E-state index in [1.165, 1.54) is 0 Å². The van der Waals surface area contributed by atoms with Crippen LogP contribution in [0.4, 0.5) is 0 Å². The Balaban J connectivity index is 3.09. The summed E-state index contributed by atoms with van der Waals surface area (Å²) in [6.07, 6.45) is 4.01. The molecule has 130 valence electrons. The SMILES string of the molecule is CC(C)(CCCC#N)c1cc(O)c(C(C)(C)CCCC#N)cc1O. The number of unbranched alkanes of at least 4 members (excludes halogenated alkanes) is 2. The quantitative estimate of drug-likeness (QED) is 0.517. The predicted octanol–water partition coefficient (Wildman–Crippen LogP) is 5.04. The van der Waals surface area contributed by atoms with E-state index in [2.05, 4.69) is 12.1 Å². The van der Waals surface area contributed by atoms with Crippen molar-refractivity contribution < 1.29 is 10.2 Å². The molecule has 0 fully saturated rings. The molecule has 0 atom stereocenters. The van der Waals surface area contributed by atoms with Crippen molar-refractivity contribution in [2.45, 2.75) is 77.0 Å². The second kappa shape index (κ2) is 8.06. The minimum Gasteiger partial charge on any atom is -0.508 e. The number of hydrogen-bond donors (Lipinski definition) is 2. The van der Waals surface area contributed by atoms with Crippen LogP contribution < -0.4 is 0 Å². The van der Waals surface area contributed by atoms with Gasteiger partial charge in [0.25, 0.3) is 0 Å². The summed E-state index contributed by atoms with van der Waals surface area (Å²) in [5, 5.41) is 38.4. The summed E-state index contributed by atoms with van der Waals surface area (Å²) in [5.41, 5.74) is 0.771.